The van der Waals surface area contributed by atoms with Crippen LogP contribution in [0.4, 0.5) is 11.4 Å². The smallest absolute Gasteiger partial charge is 0.0947 e. The highest BCUT2D eigenvalue weighted by Gasteiger charge is 2.27. The molecule has 0 radical (unpaired) electrons. The van der Waals surface area contributed by atoms with Crippen LogP contribution < -0.4 is 5.32 Å². The molecule has 3 nitrogen and oxygen atoms in total. The Hall–Kier alpha value is -7.53. The van der Waals surface area contributed by atoms with Gasteiger partial charge in [-0.15, -0.1) is 11.3 Å². The first kappa shape index (κ1) is 33.4. The Bertz CT molecular complexity index is 3740. The van der Waals surface area contributed by atoms with Crippen LogP contribution in [0.3, 0.4) is 0 Å². The molecular formula is C56H35N3S. The second-order valence-electron chi connectivity index (χ2n) is 15.9. The van der Waals surface area contributed by atoms with Gasteiger partial charge in [-0.2, -0.15) is 0 Å². The van der Waals surface area contributed by atoms with Crippen LogP contribution in [-0.2, 0) is 0 Å². The Labute approximate surface area is 350 Å². The fourth-order valence-corrected chi connectivity index (χ4v) is 11.0. The third-order valence-corrected chi connectivity index (χ3v) is 13.7. The summed E-state index contributed by atoms with van der Waals surface area (Å²) in [6.45, 7) is 0. The van der Waals surface area contributed by atoms with Gasteiger partial charge >= 0.3 is 0 Å². The van der Waals surface area contributed by atoms with E-state index in [1.807, 2.05) is 11.3 Å². The second-order valence-corrected chi connectivity index (χ2v) is 17.0. The molecule has 0 aliphatic carbocycles. The zero-order valence-electron chi connectivity index (χ0n) is 32.4. The summed E-state index contributed by atoms with van der Waals surface area (Å²) in [6, 6.07) is 73.0. The number of anilines is 1. The van der Waals surface area contributed by atoms with Crippen molar-refractivity contribution in [1.82, 2.24) is 4.57 Å². The van der Waals surface area contributed by atoms with E-state index < -0.39 is 0 Å². The first-order valence-electron chi connectivity index (χ1n) is 20.6. The third-order valence-electron chi connectivity index (χ3n) is 12.6. The van der Waals surface area contributed by atoms with Crippen LogP contribution in [0, 0.1) is 0 Å². The van der Waals surface area contributed by atoms with Crippen LogP contribution in [0.15, 0.2) is 205 Å². The molecule has 4 heteroatoms. The molecule has 2 aromatic heterocycles. The maximum Gasteiger partial charge on any atom is 0.0947 e. The van der Waals surface area contributed by atoms with Crippen LogP contribution in [-0.4, -0.2) is 10.3 Å². The summed E-state index contributed by atoms with van der Waals surface area (Å²) in [4.78, 5) is 5.38. The Morgan fingerprint density at radius 2 is 1.13 bits per heavy atom. The number of hydrogen-bond donors (Lipinski definition) is 1. The predicted molar refractivity (Wildman–Crippen MR) is 257 cm³/mol. The summed E-state index contributed by atoms with van der Waals surface area (Å²) in [5.74, 6) is 0. The van der Waals surface area contributed by atoms with Gasteiger partial charge in [0.25, 0.3) is 0 Å². The van der Waals surface area contributed by atoms with Gasteiger partial charge in [0.1, 0.15) is 0 Å². The highest BCUT2D eigenvalue weighted by Crippen LogP contribution is 2.49. The summed E-state index contributed by atoms with van der Waals surface area (Å²) in [7, 11) is 0. The van der Waals surface area contributed by atoms with Crippen molar-refractivity contribution in [2.45, 2.75) is 6.04 Å². The standard InChI is InChI=1S/C56H35N3S/c1-2-12-34(13-3-1)38-22-23-40-31-41(25-24-39(40)30-38)54-53(57-47-19-9-10-20-48(47)58-54)35-26-28-42(29-27-35)59-49-33-37-15-5-4-14-36(37)32-46(49)52-55(59)44-17-7-6-16-43(44)51-45-18-8-11-21-50(45)60-56(51)52/h1-33,54,58H. The zero-order valence-corrected chi connectivity index (χ0v) is 33.2. The summed E-state index contributed by atoms with van der Waals surface area (Å²) in [5, 5.41) is 16.6. The van der Waals surface area contributed by atoms with E-state index in [9.17, 15) is 0 Å². The van der Waals surface area contributed by atoms with Crippen molar-refractivity contribution in [2.75, 3.05) is 5.32 Å². The van der Waals surface area contributed by atoms with Gasteiger partial charge in [-0.1, -0.05) is 146 Å². The molecule has 12 aromatic rings. The average molecular weight is 782 g/mol. The second kappa shape index (κ2) is 13.0. The van der Waals surface area contributed by atoms with Crippen molar-refractivity contribution in [3.8, 4) is 16.8 Å². The van der Waals surface area contributed by atoms with Crippen molar-refractivity contribution < 1.29 is 0 Å². The van der Waals surface area contributed by atoms with Crippen molar-refractivity contribution in [3.05, 3.63) is 211 Å². The molecular weight excluding hydrogens is 747 g/mol. The fraction of sp³-hybridized carbons (Fsp3) is 0.0179. The third kappa shape index (κ3) is 5.04. The Morgan fingerprint density at radius 1 is 0.467 bits per heavy atom. The summed E-state index contributed by atoms with van der Waals surface area (Å²) < 4.78 is 5.17. The maximum absolute atomic E-state index is 5.38. The Morgan fingerprint density at radius 3 is 2.00 bits per heavy atom. The van der Waals surface area contributed by atoms with Crippen LogP contribution in [0.25, 0.3) is 91.1 Å². The molecule has 3 heterocycles. The van der Waals surface area contributed by atoms with E-state index in [1.54, 1.807) is 0 Å². The molecule has 60 heavy (non-hydrogen) atoms. The molecule has 0 spiro atoms. The van der Waals surface area contributed by atoms with E-state index in [0.717, 1.165) is 28.3 Å². The van der Waals surface area contributed by atoms with Crippen LogP contribution in [0.5, 0.6) is 0 Å². The topological polar surface area (TPSA) is 29.3 Å². The number of fused-ring (bicyclic) bond motifs is 13. The lowest BCUT2D eigenvalue weighted by Gasteiger charge is -2.28. The minimum Gasteiger partial charge on any atom is -0.371 e. The molecule has 13 rings (SSSR count). The molecule has 0 saturated carbocycles. The number of aliphatic imine (C=N–C) groups is 1. The van der Waals surface area contributed by atoms with Crippen LogP contribution in [0.1, 0.15) is 17.2 Å². The lowest BCUT2D eigenvalue weighted by atomic mass is 9.92. The monoisotopic (exact) mass is 781 g/mol. The van der Waals surface area contributed by atoms with Crippen molar-refractivity contribution in [1.29, 1.82) is 0 Å². The zero-order chi connectivity index (χ0) is 39.3. The summed E-state index contributed by atoms with van der Waals surface area (Å²) >= 11 is 1.91. The van der Waals surface area contributed by atoms with Gasteiger partial charge in [0.2, 0.25) is 0 Å². The number of nitrogens with one attached hydrogen (secondary N) is 1. The van der Waals surface area contributed by atoms with Gasteiger partial charge < -0.3 is 9.88 Å². The Balaban J connectivity index is 0.997. The lowest BCUT2D eigenvalue weighted by molar-refractivity contribution is 1.02. The van der Waals surface area contributed by atoms with E-state index in [1.165, 1.54) is 91.0 Å². The first-order chi connectivity index (χ1) is 29.7. The van der Waals surface area contributed by atoms with Gasteiger partial charge in [-0.05, 0) is 104 Å². The lowest BCUT2D eigenvalue weighted by Crippen LogP contribution is -2.25. The minimum atomic E-state index is -0.131. The van der Waals surface area contributed by atoms with E-state index in [-0.39, 0.29) is 6.04 Å². The molecule has 0 bridgehead atoms. The molecule has 1 N–H and O–H groups in total. The average Bonchev–Trinajstić information content (AvgIpc) is 3.87. The SMILES string of the molecule is c1ccc(-c2ccc3cc(C4Nc5ccccc5N=C4c4ccc(-n5c6cc7ccccc7cc6c6c7sc8ccccc8c7c7ccccc7c65)cc4)ccc3c2)cc1. The fourth-order valence-electron chi connectivity index (χ4n) is 9.74. The maximum atomic E-state index is 5.38. The predicted octanol–water partition coefficient (Wildman–Crippen LogP) is 15.6. The van der Waals surface area contributed by atoms with Gasteiger partial charge in [0.15, 0.2) is 0 Å². The number of benzene rings is 10. The molecule has 1 atom stereocenters. The van der Waals surface area contributed by atoms with Crippen molar-refractivity contribution >= 4 is 103 Å². The van der Waals surface area contributed by atoms with E-state index in [0.29, 0.717) is 0 Å². The minimum absolute atomic E-state index is 0.131. The van der Waals surface area contributed by atoms with E-state index in [4.69, 9.17) is 4.99 Å². The summed E-state index contributed by atoms with van der Waals surface area (Å²) in [6.07, 6.45) is 0. The molecule has 10 aromatic carbocycles. The molecule has 1 aliphatic rings. The number of nitrogens with zero attached hydrogens (tertiary/aromatic N) is 2. The van der Waals surface area contributed by atoms with Crippen molar-refractivity contribution in [3.63, 3.8) is 0 Å². The molecule has 1 aliphatic heterocycles. The van der Waals surface area contributed by atoms with Gasteiger partial charge in [0, 0.05) is 42.0 Å². The normalized spacial score (nSPS) is 14.1. The molecule has 0 saturated heterocycles. The number of para-hydroxylation sites is 2. The van der Waals surface area contributed by atoms with Crippen LogP contribution in [0.2, 0.25) is 0 Å². The molecule has 0 amide bonds. The molecule has 280 valence electrons. The number of hydrogen-bond acceptors (Lipinski definition) is 3. The Kier molecular flexibility index (Phi) is 7.24. The van der Waals surface area contributed by atoms with Gasteiger partial charge in [0.05, 0.1) is 34.2 Å². The molecule has 1 unspecified atom stereocenters. The number of rotatable bonds is 4. The van der Waals surface area contributed by atoms with E-state index >= 15 is 0 Å². The summed E-state index contributed by atoms with van der Waals surface area (Å²) in [5.41, 5.74) is 11.3. The highest BCUT2D eigenvalue weighted by atomic mass is 32.1. The number of aromatic nitrogens is 1. The number of thiophene rings is 1. The van der Waals surface area contributed by atoms with Gasteiger partial charge in [-0.3, -0.25) is 0 Å². The molecule has 0 fully saturated rings. The highest BCUT2D eigenvalue weighted by molar-refractivity contribution is 7.27. The van der Waals surface area contributed by atoms with E-state index in [2.05, 4.69) is 210 Å². The first-order valence-corrected chi connectivity index (χ1v) is 21.4. The quantitative estimate of drug-likeness (QED) is 0.189. The largest absolute Gasteiger partial charge is 0.371 e. The van der Waals surface area contributed by atoms with Crippen molar-refractivity contribution in [2.24, 2.45) is 4.99 Å². The van der Waals surface area contributed by atoms with Gasteiger partial charge in [-0.25, -0.2) is 4.99 Å². The van der Waals surface area contributed by atoms with Crippen LogP contribution >= 0.6 is 11.3 Å².